The van der Waals surface area contributed by atoms with Crippen molar-refractivity contribution in [2.45, 2.75) is 65.6 Å². The molecule has 2 aromatic rings. The molecular weight excluding hydrogens is 521 g/mol. The van der Waals surface area contributed by atoms with Gasteiger partial charge in [-0.2, -0.15) is 0 Å². The van der Waals surface area contributed by atoms with Crippen LogP contribution < -0.4 is 9.62 Å². The summed E-state index contributed by atoms with van der Waals surface area (Å²) in [5.74, 6) is -0.574. The minimum atomic E-state index is -3.79. The van der Waals surface area contributed by atoms with Crippen molar-refractivity contribution in [1.29, 1.82) is 0 Å². The Morgan fingerprint density at radius 2 is 1.58 bits per heavy atom. The van der Waals surface area contributed by atoms with Gasteiger partial charge in [0.2, 0.25) is 21.8 Å². The van der Waals surface area contributed by atoms with E-state index in [2.05, 4.69) is 5.32 Å². The molecular formula is C26H35Cl2N3O4S. The van der Waals surface area contributed by atoms with E-state index in [4.69, 9.17) is 23.2 Å². The van der Waals surface area contributed by atoms with Crippen LogP contribution in [0.4, 0.5) is 5.69 Å². The predicted molar refractivity (Wildman–Crippen MR) is 147 cm³/mol. The van der Waals surface area contributed by atoms with Crippen LogP contribution in [-0.4, -0.2) is 50.0 Å². The van der Waals surface area contributed by atoms with Gasteiger partial charge >= 0.3 is 0 Å². The van der Waals surface area contributed by atoms with Gasteiger partial charge in [-0.05, 0) is 61.6 Å². The van der Waals surface area contributed by atoms with E-state index in [0.29, 0.717) is 21.3 Å². The Kier molecular flexibility index (Phi) is 10.6. The summed E-state index contributed by atoms with van der Waals surface area (Å²) >= 11 is 12.2. The summed E-state index contributed by atoms with van der Waals surface area (Å²) in [5, 5.41) is 3.58. The molecule has 0 radical (unpaired) electrons. The highest BCUT2D eigenvalue weighted by Crippen LogP contribution is 2.25. The number of hydrogen-bond acceptors (Lipinski definition) is 4. The largest absolute Gasteiger partial charge is 0.352 e. The molecule has 0 unspecified atom stereocenters. The maximum absolute atomic E-state index is 13.6. The number of halogens is 2. The van der Waals surface area contributed by atoms with E-state index >= 15 is 0 Å². The highest BCUT2D eigenvalue weighted by atomic mass is 35.5. The second-order valence-corrected chi connectivity index (χ2v) is 12.0. The van der Waals surface area contributed by atoms with Gasteiger partial charge in [-0.25, -0.2) is 8.42 Å². The Hall–Kier alpha value is -2.29. The van der Waals surface area contributed by atoms with Crippen molar-refractivity contribution in [3.8, 4) is 0 Å². The Labute approximate surface area is 224 Å². The monoisotopic (exact) mass is 555 g/mol. The van der Waals surface area contributed by atoms with Crippen molar-refractivity contribution in [1.82, 2.24) is 10.2 Å². The summed E-state index contributed by atoms with van der Waals surface area (Å²) in [4.78, 5) is 27.9. The molecule has 0 aliphatic heterocycles. The molecule has 0 saturated carbocycles. The number of benzene rings is 2. The van der Waals surface area contributed by atoms with Crippen molar-refractivity contribution in [3.63, 3.8) is 0 Å². The fraction of sp³-hybridized carbons (Fsp3) is 0.462. The predicted octanol–water partition coefficient (Wildman–Crippen LogP) is 5.21. The third kappa shape index (κ3) is 8.11. The second kappa shape index (κ2) is 12.8. The number of rotatable bonds is 11. The number of anilines is 1. The lowest BCUT2D eigenvalue weighted by atomic mass is 10.0. The van der Waals surface area contributed by atoms with E-state index in [1.807, 2.05) is 39.8 Å². The quantitative estimate of drug-likeness (QED) is 0.412. The Morgan fingerprint density at radius 3 is 2.08 bits per heavy atom. The number of amides is 2. The van der Waals surface area contributed by atoms with Gasteiger partial charge in [0, 0.05) is 12.6 Å². The summed E-state index contributed by atoms with van der Waals surface area (Å²) in [6, 6.07) is 11.1. The number of nitrogens with zero attached hydrogens (tertiary/aromatic N) is 2. The molecule has 10 heteroatoms. The zero-order valence-electron chi connectivity index (χ0n) is 21.6. The fourth-order valence-electron chi connectivity index (χ4n) is 3.52. The molecule has 2 amide bonds. The van der Waals surface area contributed by atoms with Crippen LogP contribution in [-0.2, 0) is 26.2 Å². The first kappa shape index (κ1) is 29.9. The molecule has 36 heavy (non-hydrogen) atoms. The molecule has 0 saturated heterocycles. The van der Waals surface area contributed by atoms with Crippen LogP contribution in [0.2, 0.25) is 10.0 Å². The van der Waals surface area contributed by atoms with Gasteiger partial charge in [-0.1, -0.05) is 62.2 Å². The Bertz CT molecular complexity index is 1170. The van der Waals surface area contributed by atoms with Crippen LogP contribution in [0.15, 0.2) is 42.5 Å². The Morgan fingerprint density at radius 1 is 0.972 bits per heavy atom. The normalized spacial score (nSPS) is 13.2. The zero-order valence-corrected chi connectivity index (χ0v) is 23.9. The van der Waals surface area contributed by atoms with Crippen LogP contribution in [0.5, 0.6) is 0 Å². The molecule has 1 N–H and O–H groups in total. The third-order valence-corrected chi connectivity index (χ3v) is 7.91. The van der Waals surface area contributed by atoms with Crippen LogP contribution in [0.25, 0.3) is 0 Å². The average molecular weight is 557 g/mol. The van der Waals surface area contributed by atoms with E-state index in [9.17, 15) is 18.0 Å². The van der Waals surface area contributed by atoms with Crippen LogP contribution >= 0.6 is 23.2 Å². The maximum Gasteiger partial charge on any atom is 0.244 e. The van der Waals surface area contributed by atoms with Crippen molar-refractivity contribution in [2.24, 2.45) is 0 Å². The molecule has 7 nitrogen and oxygen atoms in total. The molecule has 0 bridgehead atoms. The van der Waals surface area contributed by atoms with Crippen molar-refractivity contribution < 1.29 is 18.0 Å². The third-order valence-electron chi connectivity index (χ3n) is 6.03. The molecule has 2 rings (SSSR count). The van der Waals surface area contributed by atoms with Gasteiger partial charge in [-0.3, -0.25) is 13.9 Å². The Balaban J connectivity index is 2.41. The highest BCUT2D eigenvalue weighted by Gasteiger charge is 2.30. The minimum absolute atomic E-state index is 0.0503. The lowest BCUT2D eigenvalue weighted by molar-refractivity contribution is -0.139. The van der Waals surface area contributed by atoms with Gasteiger partial charge < -0.3 is 10.2 Å². The van der Waals surface area contributed by atoms with E-state index in [0.717, 1.165) is 22.5 Å². The van der Waals surface area contributed by atoms with E-state index < -0.39 is 28.5 Å². The average Bonchev–Trinajstić information content (AvgIpc) is 2.81. The maximum atomic E-state index is 13.6. The summed E-state index contributed by atoms with van der Waals surface area (Å²) in [5.41, 5.74) is 2.09. The number of sulfonamides is 1. The molecule has 2 atom stereocenters. The van der Waals surface area contributed by atoms with Crippen molar-refractivity contribution in [3.05, 3.63) is 63.6 Å². The first-order chi connectivity index (χ1) is 16.7. The smallest absolute Gasteiger partial charge is 0.244 e. The van der Waals surface area contributed by atoms with E-state index in [1.54, 1.807) is 37.3 Å². The lowest BCUT2D eigenvalue weighted by Gasteiger charge is -2.32. The van der Waals surface area contributed by atoms with E-state index in [1.165, 1.54) is 4.90 Å². The van der Waals surface area contributed by atoms with Gasteiger partial charge in [0.25, 0.3) is 0 Å². The first-order valence-electron chi connectivity index (χ1n) is 11.9. The van der Waals surface area contributed by atoms with E-state index in [-0.39, 0.29) is 24.4 Å². The molecule has 0 aliphatic carbocycles. The number of hydrogen-bond donors (Lipinski definition) is 1. The molecule has 0 aromatic heterocycles. The second-order valence-electron chi connectivity index (χ2n) is 9.28. The number of nitrogens with one attached hydrogen (secondary N) is 1. The van der Waals surface area contributed by atoms with Crippen molar-refractivity contribution >= 4 is 50.7 Å². The number of carbonyl (C=O) groups is 2. The molecule has 0 spiro atoms. The standard InChI is InChI=1S/C26H35Cl2N3O4S/c1-7-18(4)29-26(33)19(5)30(15-20-8-13-23(27)24(28)14-20)25(32)16-31(36(6,34)35)22-11-9-21(10-12-22)17(2)3/h8-14,17-19H,7,15-16H2,1-6H3,(H,29,33)/t18-,19+/m0/s1. The van der Waals surface area contributed by atoms with Gasteiger partial charge in [-0.15, -0.1) is 0 Å². The van der Waals surface area contributed by atoms with Crippen molar-refractivity contribution in [2.75, 3.05) is 17.1 Å². The fourth-order valence-corrected chi connectivity index (χ4v) is 4.69. The van der Waals surface area contributed by atoms with Crippen LogP contribution in [0.1, 0.15) is 58.1 Å². The molecule has 2 aromatic carbocycles. The summed E-state index contributed by atoms with van der Waals surface area (Å²) in [6.45, 7) is 9.12. The number of carbonyl (C=O) groups excluding carboxylic acids is 2. The topological polar surface area (TPSA) is 86.8 Å². The van der Waals surface area contributed by atoms with Gasteiger partial charge in [0.15, 0.2) is 0 Å². The molecule has 0 heterocycles. The van der Waals surface area contributed by atoms with Crippen LogP contribution in [0, 0.1) is 0 Å². The lowest BCUT2D eigenvalue weighted by Crippen LogP contribution is -2.52. The van der Waals surface area contributed by atoms with Gasteiger partial charge in [0.1, 0.15) is 12.6 Å². The summed E-state index contributed by atoms with van der Waals surface area (Å²) in [7, 11) is -3.79. The summed E-state index contributed by atoms with van der Waals surface area (Å²) in [6.07, 6.45) is 1.78. The first-order valence-corrected chi connectivity index (χ1v) is 14.5. The summed E-state index contributed by atoms with van der Waals surface area (Å²) < 4.78 is 26.4. The molecule has 198 valence electrons. The highest BCUT2D eigenvalue weighted by molar-refractivity contribution is 7.92. The molecule has 0 fully saturated rings. The molecule has 0 aliphatic rings. The minimum Gasteiger partial charge on any atom is -0.352 e. The van der Waals surface area contributed by atoms with Gasteiger partial charge in [0.05, 0.1) is 22.0 Å². The van der Waals surface area contributed by atoms with Crippen LogP contribution in [0.3, 0.4) is 0 Å². The SMILES string of the molecule is CC[C@H](C)NC(=O)[C@@H](C)N(Cc1ccc(Cl)c(Cl)c1)C(=O)CN(c1ccc(C(C)C)cc1)S(C)(=O)=O. The zero-order chi connectivity index (χ0) is 27.2.